The third-order valence-corrected chi connectivity index (χ3v) is 14.6. The molecule has 1 unspecified atom stereocenters. The van der Waals surface area contributed by atoms with Gasteiger partial charge in [-0.2, -0.15) is 0 Å². The monoisotopic (exact) mass is 1100 g/mol. The summed E-state index contributed by atoms with van der Waals surface area (Å²) in [5.74, 6) is -0.916. The van der Waals surface area contributed by atoms with Gasteiger partial charge in [0.2, 0.25) is 0 Å². The van der Waals surface area contributed by atoms with E-state index < -0.39 is 6.10 Å². The number of carbonyl (C=O) groups excluding carboxylic acids is 3. The Hall–Kier alpha value is -3.67. The van der Waals surface area contributed by atoms with Crippen molar-refractivity contribution < 1.29 is 28.6 Å². The largest absolute Gasteiger partial charge is 0.462 e. The van der Waals surface area contributed by atoms with E-state index in [0.717, 1.165) is 122 Å². The van der Waals surface area contributed by atoms with Crippen molar-refractivity contribution in [2.75, 3.05) is 13.2 Å². The molecule has 0 aromatic rings. The second-order valence-corrected chi connectivity index (χ2v) is 22.4. The van der Waals surface area contributed by atoms with Crippen LogP contribution in [0.3, 0.4) is 0 Å². The molecule has 0 aliphatic heterocycles. The van der Waals surface area contributed by atoms with Gasteiger partial charge in [-0.05, 0) is 103 Å². The molecule has 454 valence electrons. The molecule has 0 bridgehead atoms. The van der Waals surface area contributed by atoms with Crippen LogP contribution in [0, 0.1) is 0 Å². The Balaban J connectivity index is 3.99. The minimum atomic E-state index is -0.788. The quantitative estimate of drug-likeness (QED) is 0.0261. The van der Waals surface area contributed by atoms with Gasteiger partial charge in [0.25, 0.3) is 0 Å². The molecule has 0 fully saturated rings. The molecule has 0 aliphatic carbocycles. The highest BCUT2D eigenvalue weighted by Crippen LogP contribution is 2.17. The number of carbonyl (C=O) groups is 3. The van der Waals surface area contributed by atoms with Crippen molar-refractivity contribution in [2.45, 2.75) is 335 Å². The van der Waals surface area contributed by atoms with Crippen LogP contribution in [0.2, 0.25) is 0 Å². The normalized spacial score (nSPS) is 12.7. The number of hydrogen-bond acceptors (Lipinski definition) is 6. The first-order valence-electron chi connectivity index (χ1n) is 33.7. The Labute approximate surface area is 489 Å². The van der Waals surface area contributed by atoms with Crippen molar-refractivity contribution in [1.29, 1.82) is 0 Å². The van der Waals surface area contributed by atoms with Gasteiger partial charge in [0.05, 0.1) is 0 Å². The minimum absolute atomic E-state index is 0.0858. The van der Waals surface area contributed by atoms with Crippen LogP contribution < -0.4 is 0 Å². The van der Waals surface area contributed by atoms with Crippen molar-refractivity contribution in [2.24, 2.45) is 0 Å². The SMILES string of the molecule is CC/C=C\C/C=C\C/C=C\C/C=C\C/C=C\C/C=C\CCCCCCC(=O)OC(COC(=O)CCCCCCC)COC(=O)CCCCCCCCCCCCCCCCCCCCCCC/C=C\C/C=C\CCCCCCC. The fourth-order valence-corrected chi connectivity index (χ4v) is 9.54. The Morgan fingerprint density at radius 2 is 0.494 bits per heavy atom. The summed E-state index contributed by atoms with van der Waals surface area (Å²) in [6.07, 6.45) is 90.6. The van der Waals surface area contributed by atoms with E-state index in [4.69, 9.17) is 14.2 Å². The molecule has 0 aromatic heterocycles. The second kappa shape index (κ2) is 66.8. The molecule has 0 spiro atoms. The average Bonchev–Trinajstić information content (AvgIpc) is 3.45. The third kappa shape index (κ3) is 65.0. The topological polar surface area (TPSA) is 78.9 Å². The van der Waals surface area contributed by atoms with Crippen LogP contribution >= 0.6 is 0 Å². The summed E-state index contributed by atoms with van der Waals surface area (Å²) in [5.41, 5.74) is 0. The molecular weight excluding hydrogens is 973 g/mol. The minimum Gasteiger partial charge on any atom is -0.462 e. The molecule has 0 saturated carbocycles. The highest BCUT2D eigenvalue weighted by Gasteiger charge is 2.19. The first-order valence-corrected chi connectivity index (χ1v) is 33.7. The van der Waals surface area contributed by atoms with Crippen molar-refractivity contribution in [3.63, 3.8) is 0 Å². The fourth-order valence-electron chi connectivity index (χ4n) is 9.54. The number of unbranched alkanes of at least 4 members (excludes halogenated alkanes) is 34. The molecule has 79 heavy (non-hydrogen) atoms. The summed E-state index contributed by atoms with van der Waals surface area (Å²) in [5, 5.41) is 0. The zero-order valence-corrected chi connectivity index (χ0v) is 52.1. The maximum absolute atomic E-state index is 12.8. The van der Waals surface area contributed by atoms with E-state index >= 15 is 0 Å². The predicted octanol–water partition coefficient (Wildman–Crippen LogP) is 23.2. The fraction of sp³-hybridized carbons (Fsp3) is 0.740. The van der Waals surface area contributed by atoms with Crippen molar-refractivity contribution in [3.05, 3.63) is 97.2 Å². The summed E-state index contributed by atoms with van der Waals surface area (Å²) in [6.45, 7) is 6.44. The van der Waals surface area contributed by atoms with E-state index in [1.165, 1.54) is 167 Å². The van der Waals surface area contributed by atoms with Gasteiger partial charge in [-0.15, -0.1) is 0 Å². The zero-order chi connectivity index (χ0) is 57.1. The van der Waals surface area contributed by atoms with Gasteiger partial charge in [-0.25, -0.2) is 0 Å². The van der Waals surface area contributed by atoms with Crippen molar-refractivity contribution >= 4 is 17.9 Å². The van der Waals surface area contributed by atoms with Crippen LogP contribution in [0.15, 0.2) is 97.2 Å². The number of hydrogen-bond donors (Lipinski definition) is 0. The van der Waals surface area contributed by atoms with E-state index in [-0.39, 0.29) is 31.1 Å². The van der Waals surface area contributed by atoms with E-state index in [0.29, 0.717) is 19.3 Å². The van der Waals surface area contributed by atoms with E-state index in [2.05, 4.69) is 118 Å². The zero-order valence-electron chi connectivity index (χ0n) is 52.1. The van der Waals surface area contributed by atoms with Gasteiger partial charge in [0, 0.05) is 19.3 Å². The van der Waals surface area contributed by atoms with Crippen LogP contribution in [0.4, 0.5) is 0 Å². The molecule has 6 heteroatoms. The van der Waals surface area contributed by atoms with Crippen LogP contribution in [0.25, 0.3) is 0 Å². The summed E-state index contributed by atoms with van der Waals surface area (Å²) >= 11 is 0. The molecule has 0 aliphatic rings. The molecule has 0 radical (unpaired) electrons. The Morgan fingerprint density at radius 1 is 0.266 bits per heavy atom. The van der Waals surface area contributed by atoms with Crippen LogP contribution in [-0.2, 0) is 28.6 Å². The van der Waals surface area contributed by atoms with Gasteiger partial charge in [0.1, 0.15) is 13.2 Å². The average molecular weight is 1100 g/mol. The standard InChI is InChI=1S/C73H126O6/c1-4-7-10-13-15-17-19-21-23-25-27-29-31-32-33-34-35-36-37-38-39-40-42-43-45-47-49-51-53-55-57-60-63-66-72(75)78-69-70(68-77-71(74)65-62-59-12-9-6-3)79-73(76)67-64-61-58-56-54-52-50-48-46-44-41-30-28-26-24-22-20-18-16-14-11-8-5-2/h8,11,16,18-19,21-22,24-25,27-28,30,44,46,50,52,70H,4-7,9-10,12-15,17,20,23,26,29,31-43,45,47-49,51,53-69H2,1-3H3/b11-8-,18-16-,21-19-,24-22-,27-25-,30-28-,46-44-,52-50-. The molecule has 1 atom stereocenters. The first-order chi connectivity index (χ1) is 39.0. The molecule has 0 heterocycles. The van der Waals surface area contributed by atoms with Gasteiger partial charge in [-0.3, -0.25) is 14.4 Å². The molecule has 0 saturated heterocycles. The van der Waals surface area contributed by atoms with E-state index in [1.54, 1.807) is 0 Å². The van der Waals surface area contributed by atoms with Crippen LogP contribution in [0.5, 0.6) is 0 Å². The van der Waals surface area contributed by atoms with Crippen LogP contribution in [0.1, 0.15) is 329 Å². The summed E-state index contributed by atoms with van der Waals surface area (Å²) in [4.78, 5) is 37.9. The molecule has 6 nitrogen and oxygen atoms in total. The third-order valence-electron chi connectivity index (χ3n) is 14.6. The second-order valence-electron chi connectivity index (χ2n) is 22.4. The van der Waals surface area contributed by atoms with Crippen LogP contribution in [-0.4, -0.2) is 37.2 Å². The maximum Gasteiger partial charge on any atom is 0.306 e. The lowest BCUT2D eigenvalue weighted by Crippen LogP contribution is -2.30. The number of allylic oxidation sites excluding steroid dienone is 16. The maximum atomic E-state index is 12.8. The first kappa shape index (κ1) is 75.3. The summed E-state index contributed by atoms with van der Waals surface area (Å²) in [6, 6.07) is 0. The highest BCUT2D eigenvalue weighted by molar-refractivity contribution is 5.71. The van der Waals surface area contributed by atoms with Gasteiger partial charge in [0.15, 0.2) is 6.10 Å². The van der Waals surface area contributed by atoms with Gasteiger partial charge >= 0.3 is 17.9 Å². The molecule has 0 aromatic carbocycles. The van der Waals surface area contributed by atoms with Crippen molar-refractivity contribution in [3.8, 4) is 0 Å². The lowest BCUT2D eigenvalue weighted by Gasteiger charge is -2.18. The Morgan fingerprint density at radius 3 is 0.772 bits per heavy atom. The molecule has 0 rings (SSSR count). The van der Waals surface area contributed by atoms with E-state index in [9.17, 15) is 14.4 Å². The number of rotatable bonds is 61. The van der Waals surface area contributed by atoms with Gasteiger partial charge in [-0.1, -0.05) is 304 Å². The Bertz CT molecular complexity index is 1540. The summed E-state index contributed by atoms with van der Waals surface area (Å²) in [7, 11) is 0. The lowest BCUT2D eigenvalue weighted by atomic mass is 10.0. The number of ether oxygens (including phenoxy) is 3. The summed E-state index contributed by atoms with van der Waals surface area (Å²) < 4.78 is 16.8. The Kier molecular flexibility index (Phi) is 63.7. The number of esters is 3. The molecule has 0 amide bonds. The van der Waals surface area contributed by atoms with E-state index in [1.807, 2.05) is 0 Å². The smallest absolute Gasteiger partial charge is 0.306 e. The molecule has 0 N–H and O–H groups in total. The highest BCUT2D eigenvalue weighted by atomic mass is 16.6. The van der Waals surface area contributed by atoms with Crippen molar-refractivity contribution in [1.82, 2.24) is 0 Å². The predicted molar refractivity (Wildman–Crippen MR) is 344 cm³/mol. The lowest BCUT2D eigenvalue weighted by molar-refractivity contribution is -0.167. The molecular formula is C73H126O6. The van der Waals surface area contributed by atoms with Gasteiger partial charge < -0.3 is 14.2 Å².